The third kappa shape index (κ3) is 2.21. The van der Waals surface area contributed by atoms with Crippen molar-refractivity contribution in [2.75, 3.05) is 6.54 Å². The van der Waals surface area contributed by atoms with Crippen LogP contribution in [0.15, 0.2) is 35.0 Å². The number of benzene rings is 1. The molecule has 1 aromatic carbocycles. The van der Waals surface area contributed by atoms with Crippen LogP contribution in [-0.2, 0) is 7.05 Å². The summed E-state index contributed by atoms with van der Waals surface area (Å²) in [5.41, 5.74) is 1.85. The Morgan fingerprint density at radius 3 is 2.96 bits per heavy atom. The number of para-hydroxylation sites is 1. The van der Waals surface area contributed by atoms with Crippen molar-refractivity contribution in [2.24, 2.45) is 7.05 Å². The van der Waals surface area contributed by atoms with Gasteiger partial charge in [0, 0.05) is 36.3 Å². The van der Waals surface area contributed by atoms with Gasteiger partial charge in [0.25, 0.3) is 5.91 Å². The summed E-state index contributed by atoms with van der Waals surface area (Å²) in [6.07, 6.45) is 5.55. The van der Waals surface area contributed by atoms with Crippen molar-refractivity contribution in [3.8, 4) is 0 Å². The first-order chi connectivity index (χ1) is 11.6. The second kappa shape index (κ2) is 5.47. The number of carbonyl (C=O) groups excluding carboxylic acids is 1. The summed E-state index contributed by atoms with van der Waals surface area (Å²) in [7, 11) is 1.86. The molecule has 0 aliphatic carbocycles. The first-order valence-corrected chi connectivity index (χ1v) is 8.03. The Morgan fingerprint density at radius 2 is 2.25 bits per heavy atom. The van der Waals surface area contributed by atoms with Crippen molar-refractivity contribution in [1.29, 1.82) is 0 Å². The number of halogens is 1. The van der Waals surface area contributed by atoms with Gasteiger partial charge in [-0.1, -0.05) is 12.1 Å². The van der Waals surface area contributed by atoms with Gasteiger partial charge >= 0.3 is 0 Å². The van der Waals surface area contributed by atoms with Gasteiger partial charge < -0.3 is 9.32 Å². The lowest BCUT2D eigenvalue weighted by molar-refractivity contribution is 0.0704. The first kappa shape index (κ1) is 14.9. The normalized spacial score (nSPS) is 17.8. The summed E-state index contributed by atoms with van der Waals surface area (Å²) in [6, 6.07) is 4.73. The Morgan fingerprint density at radius 1 is 1.42 bits per heavy atom. The molecule has 0 N–H and O–H groups in total. The van der Waals surface area contributed by atoms with E-state index in [0.717, 1.165) is 18.4 Å². The van der Waals surface area contributed by atoms with Crippen molar-refractivity contribution in [2.45, 2.75) is 25.8 Å². The molecule has 0 unspecified atom stereocenters. The number of furan rings is 1. The number of nitrogens with zero attached hydrogens (tertiary/aromatic N) is 3. The second-order valence-electron chi connectivity index (χ2n) is 6.28. The predicted molar refractivity (Wildman–Crippen MR) is 87.1 cm³/mol. The number of aromatic nitrogens is 2. The molecule has 1 aliphatic heterocycles. The van der Waals surface area contributed by atoms with Crippen LogP contribution in [0.4, 0.5) is 4.39 Å². The van der Waals surface area contributed by atoms with E-state index in [-0.39, 0.29) is 23.3 Å². The highest BCUT2D eigenvalue weighted by atomic mass is 19.1. The number of hydrogen-bond donors (Lipinski definition) is 0. The van der Waals surface area contributed by atoms with Gasteiger partial charge in [0.2, 0.25) is 0 Å². The Labute approximate surface area is 138 Å². The molecule has 1 atom stereocenters. The van der Waals surface area contributed by atoms with E-state index in [2.05, 4.69) is 5.10 Å². The summed E-state index contributed by atoms with van der Waals surface area (Å²) >= 11 is 0. The van der Waals surface area contributed by atoms with Crippen LogP contribution in [0.1, 0.15) is 40.6 Å². The van der Waals surface area contributed by atoms with Crippen LogP contribution in [0, 0.1) is 12.7 Å². The number of rotatable bonds is 2. The molecule has 1 aliphatic rings. The van der Waals surface area contributed by atoms with Crippen molar-refractivity contribution in [3.63, 3.8) is 0 Å². The van der Waals surface area contributed by atoms with Crippen LogP contribution in [-0.4, -0.2) is 27.1 Å². The van der Waals surface area contributed by atoms with Gasteiger partial charge in [-0.15, -0.1) is 0 Å². The molecule has 0 spiro atoms. The number of likely N-dealkylation sites (tertiary alicyclic amines) is 1. The van der Waals surface area contributed by atoms with Crippen LogP contribution in [0.25, 0.3) is 11.0 Å². The summed E-state index contributed by atoms with van der Waals surface area (Å²) in [5.74, 6) is -0.403. The topological polar surface area (TPSA) is 51.3 Å². The lowest BCUT2D eigenvalue weighted by atomic mass is 10.1. The third-order valence-electron chi connectivity index (χ3n) is 4.73. The molecule has 0 radical (unpaired) electrons. The highest BCUT2D eigenvalue weighted by Crippen LogP contribution is 2.35. The van der Waals surface area contributed by atoms with Gasteiger partial charge in [-0.2, -0.15) is 5.10 Å². The van der Waals surface area contributed by atoms with Crippen molar-refractivity contribution in [1.82, 2.24) is 14.7 Å². The van der Waals surface area contributed by atoms with E-state index in [1.165, 1.54) is 6.07 Å². The fourth-order valence-electron chi connectivity index (χ4n) is 3.51. The zero-order valence-corrected chi connectivity index (χ0v) is 13.6. The number of amides is 1. The largest absolute Gasteiger partial charge is 0.448 e. The average molecular weight is 327 g/mol. The molecule has 2 aromatic heterocycles. The molecule has 1 fully saturated rings. The minimum atomic E-state index is -0.445. The molecule has 3 heterocycles. The molecule has 5 nitrogen and oxygen atoms in total. The van der Waals surface area contributed by atoms with E-state index in [4.69, 9.17) is 4.42 Å². The maximum Gasteiger partial charge on any atom is 0.290 e. The number of carbonyl (C=O) groups is 1. The maximum absolute atomic E-state index is 13.9. The standard InChI is InChI=1S/C18H18FN3O2/c1-11-13-5-3-6-14(19)17(13)24-16(11)18(23)22-8-4-7-15(22)12-9-20-21(2)10-12/h3,5-6,9-10,15H,4,7-8H2,1-2H3/t15-/m1/s1. The van der Waals surface area contributed by atoms with Gasteiger partial charge in [-0.05, 0) is 25.8 Å². The molecule has 1 saturated heterocycles. The minimum Gasteiger partial charge on any atom is -0.448 e. The van der Waals surface area contributed by atoms with Crippen molar-refractivity contribution >= 4 is 16.9 Å². The second-order valence-corrected chi connectivity index (χ2v) is 6.28. The third-order valence-corrected chi connectivity index (χ3v) is 4.73. The fraction of sp³-hybridized carbons (Fsp3) is 0.333. The minimum absolute atomic E-state index is 0.0105. The highest BCUT2D eigenvalue weighted by Gasteiger charge is 2.34. The smallest absolute Gasteiger partial charge is 0.290 e. The zero-order valence-electron chi connectivity index (χ0n) is 13.6. The average Bonchev–Trinajstić information content (AvgIpc) is 3.26. The van der Waals surface area contributed by atoms with E-state index in [1.54, 1.807) is 34.8 Å². The Hall–Kier alpha value is -2.63. The molecule has 4 rings (SSSR count). The SMILES string of the molecule is Cc1c(C(=O)N2CCC[C@@H]2c2cnn(C)c2)oc2c(F)cccc12. The van der Waals surface area contributed by atoms with Crippen LogP contribution < -0.4 is 0 Å². The van der Waals surface area contributed by atoms with Crippen molar-refractivity contribution in [3.05, 3.63) is 53.3 Å². The maximum atomic E-state index is 13.9. The molecule has 0 bridgehead atoms. The lowest BCUT2D eigenvalue weighted by Crippen LogP contribution is -2.30. The van der Waals surface area contributed by atoms with Crippen LogP contribution in [0.2, 0.25) is 0 Å². The van der Waals surface area contributed by atoms with Gasteiger partial charge in [0.05, 0.1) is 12.2 Å². The van der Waals surface area contributed by atoms with Crippen LogP contribution in [0.3, 0.4) is 0 Å². The molecule has 124 valence electrons. The first-order valence-electron chi connectivity index (χ1n) is 8.03. The highest BCUT2D eigenvalue weighted by molar-refractivity contribution is 5.99. The molecule has 0 saturated carbocycles. The summed E-state index contributed by atoms with van der Waals surface area (Å²) in [4.78, 5) is 14.8. The monoisotopic (exact) mass is 327 g/mol. The molecular formula is C18H18FN3O2. The quantitative estimate of drug-likeness (QED) is 0.723. The van der Waals surface area contributed by atoms with E-state index in [1.807, 2.05) is 13.2 Å². The number of fused-ring (bicyclic) bond motifs is 1. The van der Waals surface area contributed by atoms with Gasteiger partial charge in [0.1, 0.15) is 0 Å². The van der Waals surface area contributed by atoms with Crippen LogP contribution in [0.5, 0.6) is 0 Å². The van der Waals surface area contributed by atoms with E-state index < -0.39 is 5.82 Å². The number of aryl methyl sites for hydroxylation is 2. The van der Waals surface area contributed by atoms with Gasteiger partial charge in [0.15, 0.2) is 17.2 Å². The van der Waals surface area contributed by atoms with Gasteiger partial charge in [-0.25, -0.2) is 4.39 Å². The van der Waals surface area contributed by atoms with E-state index in [0.29, 0.717) is 17.5 Å². The molecule has 3 aromatic rings. The Bertz CT molecular complexity index is 928. The van der Waals surface area contributed by atoms with Gasteiger partial charge in [-0.3, -0.25) is 9.48 Å². The molecule has 24 heavy (non-hydrogen) atoms. The van der Waals surface area contributed by atoms with E-state index in [9.17, 15) is 9.18 Å². The molecule has 1 amide bonds. The van der Waals surface area contributed by atoms with Crippen molar-refractivity contribution < 1.29 is 13.6 Å². The summed E-state index contributed by atoms with van der Waals surface area (Å²) < 4.78 is 21.3. The Kier molecular flexibility index (Phi) is 3.40. The fourth-order valence-corrected chi connectivity index (χ4v) is 3.51. The Balaban J connectivity index is 1.73. The molecule has 6 heteroatoms. The lowest BCUT2D eigenvalue weighted by Gasteiger charge is -2.23. The zero-order chi connectivity index (χ0) is 16.8. The van der Waals surface area contributed by atoms with Crippen LogP contribution >= 0.6 is 0 Å². The molecular weight excluding hydrogens is 309 g/mol. The predicted octanol–water partition coefficient (Wildman–Crippen LogP) is 3.59. The summed E-state index contributed by atoms with van der Waals surface area (Å²) in [6.45, 7) is 2.46. The summed E-state index contributed by atoms with van der Waals surface area (Å²) in [5, 5.41) is 4.85. The van der Waals surface area contributed by atoms with E-state index >= 15 is 0 Å². The number of hydrogen-bond acceptors (Lipinski definition) is 3.